The Hall–Kier alpha value is -0.580. The van der Waals surface area contributed by atoms with Crippen molar-refractivity contribution in [2.24, 2.45) is 0 Å². The van der Waals surface area contributed by atoms with E-state index in [0.717, 1.165) is 31.0 Å². The predicted molar refractivity (Wildman–Crippen MR) is 59.9 cm³/mol. The smallest absolute Gasteiger partial charge is 0.185 e. The Morgan fingerprint density at radius 1 is 1.40 bits per heavy atom. The Bertz CT molecular complexity index is 313. The molecule has 2 rings (SSSR count). The molecule has 0 aliphatic carbocycles. The molecule has 1 aliphatic rings. The first-order valence-electron chi connectivity index (χ1n) is 5.21. The normalized spacial score (nSPS) is 17.9. The largest absolute Gasteiger partial charge is 0.348 e. The summed E-state index contributed by atoms with van der Waals surface area (Å²) in [5, 5.41) is 0. The highest BCUT2D eigenvalue weighted by Gasteiger charge is 2.16. The minimum Gasteiger partial charge on any atom is -0.348 e. The fraction of sp³-hybridized carbons (Fsp3) is 0.545. The Morgan fingerprint density at radius 2 is 2.20 bits per heavy atom. The van der Waals surface area contributed by atoms with Crippen LogP contribution in [0.15, 0.2) is 23.4 Å². The average molecular weight is 225 g/mol. The predicted octanol–water partition coefficient (Wildman–Crippen LogP) is 2.63. The molecule has 0 bridgehead atoms. The summed E-state index contributed by atoms with van der Waals surface area (Å²) < 4.78 is 11.1. The summed E-state index contributed by atoms with van der Waals surface area (Å²) in [6, 6.07) is 2.09. The summed E-state index contributed by atoms with van der Waals surface area (Å²) in [4.78, 5) is 5.37. The van der Waals surface area contributed by atoms with Crippen molar-refractivity contribution in [3.05, 3.63) is 24.0 Å². The third-order valence-electron chi connectivity index (χ3n) is 2.14. The molecule has 0 radical (unpaired) electrons. The van der Waals surface area contributed by atoms with Crippen LogP contribution in [-0.2, 0) is 9.47 Å². The van der Waals surface area contributed by atoms with E-state index in [-0.39, 0.29) is 6.29 Å². The highest BCUT2D eigenvalue weighted by atomic mass is 32.2. The molecule has 3 nitrogen and oxygen atoms in total. The molecule has 1 fully saturated rings. The molecule has 1 aromatic heterocycles. The highest BCUT2D eigenvalue weighted by Crippen LogP contribution is 2.25. The molecule has 15 heavy (non-hydrogen) atoms. The lowest BCUT2D eigenvalue weighted by molar-refractivity contribution is -0.183. The Kier molecular flexibility index (Phi) is 4.00. The van der Waals surface area contributed by atoms with Crippen molar-refractivity contribution in [3.8, 4) is 0 Å². The summed E-state index contributed by atoms with van der Waals surface area (Å²) in [5.41, 5.74) is 1.02. The van der Waals surface area contributed by atoms with Gasteiger partial charge in [0, 0.05) is 22.9 Å². The lowest BCUT2D eigenvalue weighted by Gasteiger charge is -2.23. The van der Waals surface area contributed by atoms with E-state index in [2.05, 4.69) is 18.0 Å². The molecule has 0 aromatic carbocycles. The van der Waals surface area contributed by atoms with Crippen LogP contribution < -0.4 is 0 Å². The second-order valence-corrected chi connectivity index (χ2v) is 4.65. The van der Waals surface area contributed by atoms with Crippen molar-refractivity contribution in [2.75, 3.05) is 19.0 Å². The van der Waals surface area contributed by atoms with Crippen LogP contribution in [0.25, 0.3) is 0 Å². The lowest BCUT2D eigenvalue weighted by Crippen LogP contribution is -2.17. The van der Waals surface area contributed by atoms with Crippen LogP contribution in [-0.4, -0.2) is 24.0 Å². The quantitative estimate of drug-likeness (QED) is 0.740. The minimum atomic E-state index is -0.219. The van der Waals surface area contributed by atoms with Crippen molar-refractivity contribution in [3.63, 3.8) is 0 Å². The fourth-order valence-electron chi connectivity index (χ4n) is 1.49. The van der Waals surface area contributed by atoms with Crippen molar-refractivity contribution in [1.82, 2.24) is 4.98 Å². The van der Waals surface area contributed by atoms with Gasteiger partial charge in [-0.1, -0.05) is 6.92 Å². The molecule has 0 amide bonds. The molecule has 1 aromatic rings. The third-order valence-corrected chi connectivity index (χ3v) is 2.99. The Morgan fingerprint density at radius 3 is 2.93 bits per heavy atom. The molecule has 1 saturated heterocycles. The van der Waals surface area contributed by atoms with Crippen molar-refractivity contribution >= 4 is 11.8 Å². The highest BCUT2D eigenvalue weighted by molar-refractivity contribution is 7.99. The summed E-state index contributed by atoms with van der Waals surface area (Å²) >= 11 is 1.78. The van der Waals surface area contributed by atoms with Gasteiger partial charge >= 0.3 is 0 Å². The maximum Gasteiger partial charge on any atom is 0.185 e. The molecule has 82 valence electrons. The number of hydrogen-bond acceptors (Lipinski definition) is 4. The van der Waals surface area contributed by atoms with E-state index in [1.165, 1.54) is 4.90 Å². The van der Waals surface area contributed by atoms with Gasteiger partial charge in [-0.3, -0.25) is 4.98 Å². The first kappa shape index (κ1) is 10.9. The van der Waals surface area contributed by atoms with E-state index < -0.39 is 0 Å². The number of thioether (sulfide) groups is 1. The van der Waals surface area contributed by atoms with Gasteiger partial charge in [0.05, 0.1) is 13.2 Å². The zero-order chi connectivity index (χ0) is 10.5. The monoisotopic (exact) mass is 225 g/mol. The van der Waals surface area contributed by atoms with Crippen molar-refractivity contribution in [2.45, 2.75) is 24.5 Å². The second-order valence-electron chi connectivity index (χ2n) is 3.31. The van der Waals surface area contributed by atoms with E-state index in [4.69, 9.17) is 9.47 Å². The van der Waals surface area contributed by atoms with Crippen molar-refractivity contribution in [1.29, 1.82) is 0 Å². The molecule has 0 saturated carbocycles. The molecule has 0 N–H and O–H groups in total. The van der Waals surface area contributed by atoms with Crippen LogP contribution in [0.2, 0.25) is 0 Å². The van der Waals surface area contributed by atoms with Gasteiger partial charge in [-0.15, -0.1) is 11.8 Å². The van der Waals surface area contributed by atoms with E-state index in [9.17, 15) is 0 Å². The van der Waals surface area contributed by atoms with E-state index >= 15 is 0 Å². The maximum absolute atomic E-state index is 5.53. The Labute approximate surface area is 94.2 Å². The summed E-state index contributed by atoms with van der Waals surface area (Å²) in [6.07, 6.45) is 4.45. The number of aromatic nitrogens is 1. The minimum absolute atomic E-state index is 0.219. The number of nitrogens with zero attached hydrogens (tertiary/aromatic N) is 1. The SMILES string of the molecule is CCSc1cncc(C2OCCCO2)c1. The van der Waals surface area contributed by atoms with Crippen LogP contribution in [0.5, 0.6) is 0 Å². The van der Waals surface area contributed by atoms with Gasteiger partial charge in [-0.25, -0.2) is 0 Å². The Balaban J connectivity index is 2.09. The molecule has 4 heteroatoms. The summed E-state index contributed by atoms with van der Waals surface area (Å²) in [7, 11) is 0. The topological polar surface area (TPSA) is 31.4 Å². The van der Waals surface area contributed by atoms with Gasteiger partial charge < -0.3 is 9.47 Å². The van der Waals surface area contributed by atoms with Crippen LogP contribution in [0.1, 0.15) is 25.2 Å². The van der Waals surface area contributed by atoms with E-state index in [0.29, 0.717) is 0 Å². The third kappa shape index (κ3) is 2.93. The zero-order valence-electron chi connectivity index (χ0n) is 8.81. The number of hydrogen-bond donors (Lipinski definition) is 0. The van der Waals surface area contributed by atoms with Crippen LogP contribution >= 0.6 is 11.8 Å². The molecule has 0 atom stereocenters. The maximum atomic E-state index is 5.53. The average Bonchev–Trinajstić information content (AvgIpc) is 2.31. The van der Waals surface area contributed by atoms with Gasteiger partial charge in [-0.05, 0) is 18.2 Å². The number of ether oxygens (including phenoxy) is 2. The van der Waals surface area contributed by atoms with Gasteiger partial charge in [0.15, 0.2) is 6.29 Å². The van der Waals surface area contributed by atoms with Gasteiger partial charge in [0.1, 0.15) is 0 Å². The number of pyridine rings is 1. The standard InChI is InChI=1S/C11H15NO2S/c1-2-15-10-6-9(7-12-8-10)11-13-4-3-5-14-11/h6-8,11H,2-5H2,1H3. The van der Waals surface area contributed by atoms with E-state index in [1.54, 1.807) is 11.8 Å². The summed E-state index contributed by atoms with van der Waals surface area (Å²) in [6.45, 7) is 3.68. The van der Waals surface area contributed by atoms with Crippen LogP contribution in [0, 0.1) is 0 Å². The molecule has 0 spiro atoms. The summed E-state index contributed by atoms with van der Waals surface area (Å²) in [5.74, 6) is 1.05. The molecule has 0 unspecified atom stereocenters. The molecular weight excluding hydrogens is 210 g/mol. The van der Waals surface area contributed by atoms with Gasteiger partial charge in [0.2, 0.25) is 0 Å². The molecule has 2 heterocycles. The second kappa shape index (κ2) is 5.49. The fourth-order valence-corrected chi connectivity index (χ4v) is 2.18. The molecule has 1 aliphatic heterocycles. The van der Waals surface area contributed by atoms with Crippen LogP contribution in [0.3, 0.4) is 0 Å². The van der Waals surface area contributed by atoms with E-state index in [1.807, 2.05) is 12.4 Å². The molecular formula is C11H15NO2S. The number of rotatable bonds is 3. The van der Waals surface area contributed by atoms with Crippen molar-refractivity contribution < 1.29 is 9.47 Å². The zero-order valence-corrected chi connectivity index (χ0v) is 9.63. The first-order chi connectivity index (χ1) is 7.40. The lowest BCUT2D eigenvalue weighted by atomic mass is 10.2. The van der Waals surface area contributed by atoms with Crippen LogP contribution in [0.4, 0.5) is 0 Å². The van der Waals surface area contributed by atoms with Gasteiger partial charge in [-0.2, -0.15) is 0 Å². The first-order valence-corrected chi connectivity index (χ1v) is 6.19. The van der Waals surface area contributed by atoms with Gasteiger partial charge in [0.25, 0.3) is 0 Å².